The third-order valence-electron chi connectivity index (χ3n) is 9.04. The van der Waals surface area contributed by atoms with Gasteiger partial charge in [-0.2, -0.15) is 0 Å². The standard InChI is InChI=1S/C42H25N5O2/c1-2-6-32(7-3-1)47-37-20-18-30(26-10-14-28(15-11-26)39-45-35-8-4-22-43-41(35)48-39)24-33(37)34-25-31(19-21-38(34)47)27-12-16-29(17-13-27)40-46-36-9-5-23-44-42(36)49-40/h1-25H. The molecule has 230 valence electrons. The molecule has 0 bridgehead atoms. The van der Waals surface area contributed by atoms with E-state index in [0.717, 1.165) is 61.1 Å². The fourth-order valence-corrected chi connectivity index (χ4v) is 6.63. The van der Waals surface area contributed by atoms with Crippen LogP contribution in [0.25, 0.3) is 95.1 Å². The molecule has 7 nitrogen and oxygen atoms in total. The molecular weight excluding hydrogens is 606 g/mol. The van der Waals surface area contributed by atoms with E-state index in [1.54, 1.807) is 12.4 Å². The molecule has 0 aliphatic rings. The third kappa shape index (κ3) is 4.59. The molecule has 7 heteroatoms. The molecule has 0 spiro atoms. The molecule has 0 saturated carbocycles. The highest BCUT2D eigenvalue weighted by molar-refractivity contribution is 6.11. The summed E-state index contributed by atoms with van der Waals surface area (Å²) in [6, 6.07) is 48.2. The van der Waals surface area contributed by atoms with Gasteiger partial charge in [0.25, 0.3) is 0 Å². The molecule has 0 amide bonds. The first-order valence-electron chi connectivity index (χ1n) is 16.0. The summed E-state index contributed by atoms with van der Waals surface area (Å²) in [5.74, 6) is 1.13. The molecule has 0 unspecified atom stereocenters. The summed E-state index contributed by atoms with van der Waals surface area (Å²) in [7, 11) is 0. The number of hydrogen-bond donors (Lipinski definition) is 0. The Labute approximate surface area is 279 Å². The summed E-state index contributed by atoms with van der Waals surface area (Å²) in [6.07, 6.45) is 3.42. The molecule has 5 aromatic heterocycles. The van der Waals surface area contributed by atoms with Crippen LogP contribution in [0.1, 0.15) is 0 Å². The van der Waals surface area contributed by atoms with Gasteiger partial charge in [0.2, 0.25) is 23.2 Å². The van der Waals surface area contributed by atoms with E-state index >= 15 is 0 Å². The van der Waals surface area contributed by atoms with Gasteiger partial charge in [-0.05, 0) is 107 Å². The fraction of sp³-hybridized carbons (Fsp3) is 0. The maximum Gasteiger partial charge on any atom is 0.247 e. The Bertz CT molecular complexity index is 2570. The molecule has 10 rings (SSSR count). The van der Waals surface area contributed by atoms with Crippen LogP contribution in [0.2, 0.25) is 0 Å². The second kappa shape index (κ2) is 10.9. The van der Waals surface area contributed by atoms with Gasteiger partial charge in [0.05, 0.1) is 11.0 Å². The Balaban J connectivity index is 1.06. The van der Waals surface area contributed by atoms with E-state index in [1.165, 1.54) is 10.8 Å². The minimum atomic E-state index is 0.540. The Kier molecular flexibility index (Phi) is 6.04. The van der Waals surface area contributed by atoms with Gasteiger partial charge >= 0.3 is 0 Å². The normalized spacial score (nSPS) is 11.7. The second-order valence-electron chi connectivity index (χ2n) is 12.0. The van der Waals surface area contributed by atoms with Crippen LogP contribution in [0.4, 0.5) is 0 Å². The van der Waals surface area contributed by atoms with Crippen molar-refractivity contribution in [2.45, 2.75) is 0 Å². The van der Waals surface area contributed by atoms with Crippen molar-refractivity contribution in [3.8, 4) is 50.8 Å². The number of oxazole rings is 2. The molecular formula is C42H25N5O2. The number of para-hydroxylation sites is 1. The Hall–Kier alpha value is -6.86. The topological polar surface area (TPSA) is 82.8 Å². The highest BCUT2D eigenvalue weighted by Crippen LogP contribution is 2.38. The lowest BCUT2D eigenvalue weighted by molar-refractivity contribution is 0.607. The van der Waals surface area contributed by atoms with Crippen molar-refractivity contribution in [3.63, 3.8) is 0 Å². The number of hydrogen-bond acceptors (Lipinski definition) is 6. The molecule has 0 N–H and O–H groups in total. The van der Waals surface area contributed by atoms with Crippen LogP contribution in [0.15, 0.2) is 161 Å². The summed E-state index contributed by atoms with van der Waals surface area (Å²) in [6.45, 7) is 0. The number of nitrogens with zero attached hydrogens (tertiary/aromatic N) is 5. The Morgan fingerprint density at radius 2 is 0.857 bits per heavy atom. The van der Waals surface area contributed by atoms with Crippen LogP contribution >= 0.6 is 0 Å². The molecule has 49 heavy (non-hydrogen) atoms. The van der Waals surface area contributed by atoms with Crippen molar-refractivity contribution in [1.82, 2.24) is 24.5 Å². The lowest BCUT2D eigenvalue weighted by Crippen LogP contribution is -1.93. The van der Waals surface area contributed by atoms with Crippen molar-refractivity contribution in [2.24, 2.45) is 0 Å². The maximum atomic E-state index is 5.90. The van der Waals surface area contributed by atoms with E-state index < -0.39 is 0 Å². The van der Waals surface area contributed by atoms with Gasteiger partial charge in [-0.1, -0.05) is 54.6 Å². The fourth-order valence-electron chi connectivity index (χ4n) is 6.63. The molecule has 0 atom stereocenters. The predicted octanol–water partition coefficient (Wildman–Crippen LogP) is 10.5. The van der Waals surface area contributed by atoms with Crippen molar-refractivity contribution in [2.75, 3.05) is 0 Å². The number of benzene rings is 5. The predicted molar refractivity (Wildman–Crippen MR) is 193 cm³/mol. The molecule has 0 saturated heterocycles. The van der Waals surface area contributed by atoms with Crippen LogP contribution in [0, 0.1) is 0 Å². The molecule has 5 heterocycles. The minimum Gasteiger partial charge on any atom is -0.418 e. The molecule has 0 radical (unpaired) electrons. The quantitative estimate of drug-likeness (QED) is 0.188. The first kappa shape index (κ1) is 27.3. The lowest BCUT2D eigenvalue weighted by atomic mass is 9.99. The first-order chi connectivity index (χ1) is 24.2. The van der Waals surface area contributed by atoms with E-state index in [9.17, 15) is 0 Å². The van der Waals surface area contributed by atoms with Gasteiger partial charge in [0.15, 0.2) is 0 Å². The molecule has 0 aliphatic carbocycles. The molecule has 0 fully saturated rings. The summed E-state index contributed by atoms with van der Waals surface area (Å²) < 4.78 is 14.1. The van der Waals surface area contributed by atoms with E-state index in [1.807, 2.05) is 24.3 Å². The van der Waals surface area contributed by atoms with E-state index in [-0.39, 0.29) is 0 Å². The highest BCUT2D eigenvalue weighted by Gasteiger charge is 2.16. The van der Waals surface area contributed by atoms with E-state index in [2.05, 4.69) is 140 Å². The van der Waals surface area contributed by atoms with Crippen LogP contribution < -0.4 is 0 Å². The van der Waals surface area contributed by atoms with Crippen LogP contribution in [0.5, 0.6) is 0 Å². The van der Waals surface area contributed by atoms with Crippen LogP contribution in [-0.2, 0) is 0 Å². The van der Waals surface area contributed by atoms with Gasteiger partial charge in [0, 0.05) is 40.0 Å². The Morgan fingerprint density at radius 3 is 1.33 bits per heavy atom. The van der Waals surface area contributed by atoms with Crippen molar-refractivity contribution in [1.29, 1.82) is 0 Å². The van der Waals surface area contributed by atoms with E-state index in [4.69, 9.17) is 8.83 Å². The smallest absolute Gasteiger partial charge is 0.247 e. The number of rotatable bonds is 5. The van der Waals surface area contributed by atoms with Gasteiger partial charge < -0.3 is 13.4 Å². The van der Waals surface area contributed by atoms with Crippen molar-refractivity contribution < 1.29 is 8.83 Å². The van der Waals surface area contributed by atoms with Gasteiger partial charge in [-0.15, -0.1) is 0 Å². The molecule has 10 aromatic rings. The molecule has 0 aliphatic heterocycles. The number of aromatic nitrogens is 5. The number of pyridine rings is 2. The van der Waals surface area contributed by atoms with Crippen LogP contribution in [0.3, 0.4) is 0 Å². The third-order valence-corrected chi connectivity index (χ3v) is 9.04. The zero-order chi connectivity index (χ0) is 32.3. The van der Waals surface area contributed by atoms with E-state index in [0.29, 0.717) is 23.2 Å². The Morgan fingerprint density at radius 1 is 0.408 bits per heavy atom. The maximum absolute atomic E-state index is 5.90. The second-order valence-corrected chi connectivity index (χ2v) is 12.0. The summed E-state index contributed by atoms with van der Waals surface area (Å²) in [4.78, 5) is 17.8. The van der Waals surface area contributed by atoms with Gasteiger partial charge in [0.1, 0.15) is 11.0 Å². The van der Waals surface area contributed by atoms with Gasteiger partial charge in [-0.3, -0.25) is 0 Å². The summed E-state index contributed by atoms with van der Waals surface area (Å²) in [5.41, 5.74) is 12.3. The zero-order valence-corrected chi connectivity index (χ0v) is 26.0. The largest absolute Gasteiger partial charge is 0.418 e. The van der Waals surface area contributed by atoms with Crippen molar-refractivity contribution in [3.05, 3.63) is 152 Å². The first-order valence-corrected chi connectivity index (χ1v) is 16.0. The monoisotopic (exact) mass is 631 g/mol. The highest BCUT2D eigenvalue weighted by atomic mass is 16.4. The summed E-state index contributed by atoms with van der Waals surface area (Å²) in [5, 5.41) is 2.37. The van der Waals surface area contributed by atoms with Crippen molar-refractivity contribution >= 4 is 44.3 Å². The van der Waals surface area contributed by atoms with Crippen LogP contribution in [-0.4, -0.2) is 24.5 Å². The lowest BCUT2D eigenvalue weighted by Gasteiger charge is -2.09. The number of fused-ring (bicyclic) bond motifs is 5. The molecule has 5 aromatic carbocycles. The average molecular weight is 632 g/mol. The van der Waals surface area contributed by atoms with Gasteiger partial charge in [-0.25, -0.2) is 19.9 Å². The average Bonchev–Trinajstić information content (AvgIpc) is 3.89. The SMILES string of the molecule is c1ccc(-n2c3ccc(-c4ccc(-c5nc6cccnc6o5)cc4)cc3c3cc(-c4ccc(-c5nc6cccnc6o5)cc4)ccc32)cc1. The zero-order valence-electron chi connectivity index (χ0n) is 26.0. The minimum absolute atomic E-state index is 0.540. The summed E-state index contributed by atoms with van der Waals surface area (Å²) >= 11 is 0.